The monoisotopic (exact) mass is 903 g/mol. The van der Waals surface area contributed by atoms with Gasteiger partial charge in [-0.2, -0.15) is 0 Å². The summed E-state index contributed by atoms with van der Waals surface area (Å²) in [4.78, 5) is 7.80. The molecule has 14 rings (SSSR count). The summed E-state index contributed by atoms with van der Waals surface area (Å²) in [6.45, 7) is 0. The first-order valence-corrected chi connectivity index (χ1v) is 24.5. The number of hydrogen-bond acceptors (Lipinski definition) is 2. The Labute approximate surface area is 412 Å². The zero-order valence-electron chi connectivity index (χ0n) is 38.8. The number of fused-ring (bicyclic) bond motifs is 10. The van der Waals surface area contributed by atoms with Gasteiger partial charge in [0.05, 0.1) is 27.7 Å². The van der Waals surface area contributed by atoms with Crippen LogP contribution >= 0.6 is 0 Å². The molecule has 0 spiro atoms. The number of nitrogens with zero attached hydrogens (tertiary/aromatic N) is 3. The van der Waals surface area contributed by atoms with Crippen molar-refractivity contribution in [2.75, 3.05) is 4.90 Å². The maximum atomic E-state index is 5.45. The van der Waals surface area contributed by atoms with Crippen molar-refractivity contribution >= 4 is 60.5 Å². The highest BCUT2D eigenvalue weighted by Gasteiger charge is 2.46. The normalized spacial score (nSPS) is 12.6. The Morgan fingerprint density at radius 3 is 1.59 bits per heavy atom. The van der Waals surface area contributed by atoms with Crippen LogP contribution in [-0.4, -0.2) is 9.55 Å². The molecule has 0 saturated carbocycles. The fourth-order valence-corrected chi connectivity index (χ4v) is 11.8. The minimum atomic E-state index is -0.486. The van der Waals surface area contributed by atoms with Crippen LogP contribution in [0.5, 0.6) is 0 Å². The van der Waals surface area contributed by atoms with Crippen LogP contribution in [0.15, 0.2) is 273 Å². The maximum Gasteiger partial charge on any atom is 0.0788 e. The standard InChI is InChI=1S/C68H45N3/c1-5-19-49(20-6-1)68(50-21-7-2-8-22-50)60-30-16-13-28-57(60)66-61(68)44-43-59-65(66)58-29-14-17-31-62(58)69-67(59)48-35-33-46(34-36-48)47-37-39-53(40-38-47)70(51-23-9-3-10-24-51)54-41-42-56-55-27-15-18-32-63(55)71(64(56)45-54)52-25-11-4-12-26-52/h1-45H. The van der Waals surface area contributed by atoms with Gasteiger partial charge in [-0.1, -0.05) is 212 Å². The van der Waals surface area contributed by atoms with E-state index in [0.29, 0.717) is 0 Å². The van der Waals surface area contributed by atoms with E-state index in [4.69, 9.17) is 4.98 Å². The van der Waals surface area contributed by atoms with Gasteiger partial charge in [0.1, 0.15) is 0 Å². The van der Waals surface area contributed by atoms with Crippen LogP contribution in [0.4, 0.5) is 17.1 Å². The van der Waals surface area contributed by atoms with Gasteiger partial charge in [-0.05, 0) is 105 Å². The molecule has 332 valence electrons. The van der Waals surface area contributed by atoms with Gasteiger partial charge in [-0.15, -0.1) is 0 Å². The third-order valence-electron chi connectivity index (χ3n) is 14.8. The van der Waals surface area contributed by atoms with Gasteiger partial charge in [0, 0.05) is 55.2 Å². The summed E-state index contributed by atoms with van der Waals surface area (Å²) in [5, 5.41) is 6.03. The molecule has 0 saturated heterocycles. The Hall–Kier alpha value is -9.31. The molecule has 3 heteroatoms. The summed E-state index contributed by atoms with van der Waals surface area (Å²) in [5.41, 5.74) is 19.3. The highest BCUT2D eigenvalue weighted by atomic mass is 15.1. The average Bonchev–Trinajstić information content (AvgIpc) is 3.95. The molecule has 71 heavy (non-hydrogen) atoms. The predicted octanol–water partition coefficient (Wildman–Crippen LogP) is 17.7. The van der Waals surface area contributed by atoms with Crippen LogP contribution in [0.2, 0.25) is 0 Å². The fourth-order valence-electron chi connectivity index (χ4n) is 11.8. The molecule has 0 amide bonds. The molecule has 2 aromatic heterocycles. The van der Waals surface area contributed by atoms with Crippen LogP contribution < -0.4 is 4.90 Å². The predicted molar refractivity (Wildman–Crippen MR) is 296 cm³/mol. The number of para-hydroxylation sites is 4. The van der Waals surface area contributed by atoms with E-state index in [0.717, 1.165) is 61.4 Å². The molecule has 11 aromatic carbocycles. The maximum absolute atomic E-state index is 5.45. The van der Waals surface area contributed by atoms with Gasteiger partial charge in [0.25, 0.3) is 0 Å². The first-order chi connectivity index (χ1) is 35.2. The molecule has 2 heterocycles. The molecule has 13 aromatic rings. The molecule has 3 nitrogen and oxygen atoms in total. The van der Waals surface area contributed by atoms with Crippen molar-refractivity contribution in [3.63, 3.8) is 0 Å². The Balaban J connectivity index is 0.869. The van der Waals surface area contributed by atoms with Crippen LogP contribution in [0.25, 0.3) is 82.7 Å². The minimum Gasteiger partial charge on any atom is -0.310 e. The molecule has 0 bridgehead atoms. The number of rotatable bonds is 8. The van der Waals surface area contributed by atoms with Crippen LogP contribution in [0.1, 0.15) is 22.3 Å². The lowest BCUT2D eigenvalue weighted by Crippen LogP contribution is -2.28. The lowest BCUT2D eigenvalue weighted by molar-refractivity contribution is 0.769. The van der Waals surface area contributed by atoms with Crippen molar-refractivity contribution in [2.24, 2.45) is 0 Å². The van der Waals surface area contributed by atoms with Crippen molar-refractivity contribution in [1.82, 2.24) is 9.55 Å². The summed E-state index contributed by atoms with van der Waals surface area (Å²) in [6.07, 6.45) is 0. The molecule has 1 aliphatic carbocycles. The SMILES string of the molecule is c1ccc(N(c2ccc(-c3ccc(-c4nc5ccccc5c5c6c(ccc45)C(c4ccccc4)(c4ccccc4)c4ccccc4-6)cc3)cc2)c2ccc3c4ccccc4n(-c4ccccc4)c3c2)cc1. The van der Waals surface area contributed by atoms with E-state index in [1.54, 1.807) is 0 Å². The highest BCUT2D eigenvalue weighted by Crippen LogP contribution is 2.59. The Morgan fingerprint density at radius 1 is 0.352 bits per heavy atom. The summed E-state index contributed by atoms with van der Waals surface area (Å²) in [7, 11) is 0. The van der Waals surface area contributed by atoms with E-state index < -0.39 is 5.41 Å². The topological polar surface area (TPSA) is 21.1 Å². The molecule has 0 N–H and O–H groups in total. The molecular weight excluding hydrogens is 859 g/mol. The molecular formula is C68H45N3. The number of pyridine rings is 1. The highest BCUT2D eigenvalue weighted by molar-refractivity contribution is 6.19. The molecule has 0 unspecified atom stereocenters. The Morgan fingerprint density at radius 2 is 0.873 bits per heavy atom. The minimum absolute atomic E-state index is 0.486. The zero-order chi connectivity index (χ0) is 46.9. The van der Waals surface area contributed by atoms with E-state index in [9.17, 15) is 0 Å². The number of benzene rings is 11. The van der Waals surface area contributed by atoms with E-state index in [1.807, 2.05) is 0 Å². The first kappa shape index (κ1) is 40.7. The van der Waals surface area contributed by atoms with Gasteiger partial charge in [-0.25, -0.2) is 4.98 Å². The second-order valence-electron chi connectivity index (χ2n) is 18.6. The fraction of sp³-hybridized carbons (Fsp3) is 0.0147. The third kappa shape index (κ3) is 6.33. The molecule has 0 fully saturated rings. The quantitative estimate of drug-likeness (QED) is 0.142. The number of anilines is 3. The number of aromatic nitrogens is 2. The third-order valence-corrected chi connectivity index (χ3v) is 14.8. The smallest absolute Gasteiger partial charge is 0.0788 e. The van der Waals surface area contributed by atoms with Gasteiger partial charge < -0.3 is 9.47 Å². The van der Waals surface area contributed by atoms with Crippen LogP contribution in [-0.2, 0) is 5.41 Å². The lowest BCUT2D eigenvalue weighted by Gasteiger charge is -2.34. The average molecular weight is 904 g/mol. The summed E-state index contributed by atoms with van der Waals surface area (Å²) >= 11 is 0. The van der Waals surface area contributed by atoms with Crippen molar-refractivity contribution in [3.05, 3.63) is 295 Å². The van der Waals surface area contributed by atoms with Crippen molar-refractivity contribution < 1.29 is 0 Å². The summed E-state index contributed by atoms with van der Waals surface area (Å²) in [5.74, 6) is 0. The van der Waals surface area contributed by atoms with E-state index in [1.165, 1.54) is 60.6 Å². The van der Waals surface area contributed by atoms with Crippen molar-refractivity contribution in [2.45, 2.75) is 5.41 Å². The van der Waals surface area contributed by atoms with Gasteiger partial charge in [-0.3, -0.25) is 0 Å². The first-order valence-electron chi connectivity index (χ1n) is 24.5. The van der Waals surface area contributed by atoms with Gasteiger partial charge >= 0.3 is 0 Å². The second kappa shape index (κ2) is 16.4. The lowest BCUT2D eigenvalue weighted by atomic mass is 9.67. The van der Waals surface area contributed by atoms with Crippen molar-refractivity contribution in [3.8, 4) is 39.2 Å². The molecule has 0 aliphatic heterocycles. The van der Waals surface area contributed by atoms with Gasteiger partial charge in [0.2, 0.25) is 0 Å². The van der Waals surface area contributed by atoms with E-state index >= 15 is 0 Å². The van der Waals surface area contributed by atoms with E-state index in [-0.39, 0.29) is 0 Å². The molecule has 0 radical (unpaired) electrons. The Kier molecular flexibility index (Phi) is 9.43. The van der Waals surface area contributed by atoms with Crippen molar-refractivity contribution in [1.29, 1.82) is 0 Å². The summed E-state index contributed by atoms with van der Waals surface area (Å²) < 4.78 is 2.38. The number of hydrogen-bond donors (Lipinski definition) is 0. The molecule has 1 aliphatic rings. The van der Waals surface area contributed by atoms with E-state index in [2.05, 4.69) is 282 Å². The van der Waals surface area contributed by atoms with Crippen LogP contribution in [0.3, 0.4) is 0 Å². The largest absolute Gasteiger partial charge is 0.310 e. The molecule has 0 atom stereocenters. The van der Waals surface area contributed by atoms with Gasteiger partial charge in [0.15, 0.2) is 0 Å². The second-order valence-corrected chi connectivity index (χ2v) is 18.6. The Bertz CT molecular complexity index is 4090. The van der Waals surface area contributed by atoms with Crippen LogP contribution in [0, 0.1) is 0 Å². The summed E-state index contributed by atoms with van der Waals surface area (Å²) in [6, 6.07) is 99.4. The zero-order valence-corrected chi connectivity index (χ0v) is 38.8.